The summed E-state index contributed by atoms with van der Waals surface area (Å²) in [7, 11) is 2.22. The van der Waals surface area contributed by atoms with E-state index in [9.17, 15) is 0 Å². The summed E-state index contributed by atoms with van der Waals surface area (Å²) in [6.45, 7) is 1.72. The standard InChI is InChI=1S/C17H22N2S/c1-19(12-16-7-4-10-20-16)17(13-18)9-8-14-5-2-3-6-15(14)11-17/h2-7,10H,8-9,11-13,18H2,1H3. The lowest BCUT2D eigenvalue weighted by Crippen LogP contribution is -2.55. The summed E-state index contributed by atoms with van der Waals surface area (Å²) in [5, 5.41) is 2.15. The molecule has 2 aromatic rings. The molecule has 0 spiro atoms. The van der Waals surface area contributed by atoms with Crippen LogP contribution in [0.1, 0.15) is 22.4 Å². The maximum atomic E-state index is 6.19. The highest BCUT2D eigenvalue weighted by molar-refractivity contribution is 7.09. The van der Waals surface area contributed by atoms with E-state index >= 15 is 0 Å². The van der Waals surface area contributed by atoms with Crippen molar-refractivity contribution in [2.75, 3.05) is 13.6 Å². The molecular formula is C17H22N2S. The molecule has 1 heterocycles. The van der Waals surface area contributed by atoms with Crippen molar-refractivity contribution in [3.63, 3.8) is 0 Å². The molecule has 3 rings (SSSR count). The van der Waals surface area contributed by atoms with E-state index in [4.69, 9.17) is 5.73 Å². The van der Waals surface area contributed by atoms with E-state index in [0.29, 0.717) is 0 Å². The van der Waals surface area contributed by atoms with Gasteiger partial charge < -0.3 is 5.73 Å². The number of nitrogens with zero attached hydrogens (tertiary/aromatic N) is 1. The number of thiophene rings is 1. The molecule has 0 amide bonds. The lowest BCUT2D eigenvalue weighted by Gasteiger charge is -2.44. The zero-order valence-corrected chi connectivity index (χ0v) is 12.8. The molecule has 1 aromatic carbocycles. The van der Waals surface area contributed by atoms with Crippen LogP contribution in [0.4, 0.5) is 0 Å². The van der Waals surface area contributed by atoms with E-state index < -0.39 is 0 Å². The van der Waals surface area contributed by atoms with E-state index in [-0.39, 0.29) is 5.54 Å². The number of fused-ring (bicyclic) bond motifs is 1. The summed E-state index contributed by atoms with van der Waals surface area (Å²) in [6.07, 6.45) is 3.37. The molecule has 0 saturated heterocycles. The predicted octanol–water partition coefficient (Wildman–Crippen LogP) is 3.07. The van der Waals surface area contributed by atoms with E-state index in [1.807, 2.05) is 11.3 Å². The number of benzene rings is 1. The summed E-state index contributed by atoms with van der Waals surface area (Å²) < 4.78 is 0. The highest BCUT2D eigenvalue weighted by Crippen LogP contribution is 2.33. The van der Waals surface area contributed by atoms with E-state index in [2.05, 4.69) is 53.7 Å². The third-order valence-corrected chi connectivity index (χ3v) is 5.52. The maximum Gasteiger partial charge on any atom is 0.0376 e. The Bertz CT molecular complexity index is 564. The third-order valence-electron chi connectivity index (χ3n) is 4.66. The number of rotatable bonds is 4. The Morgan fingerprint density at radius 1 is 1.20 bits per heavy atom. The minimum Gasteiger partial charge on any atom is -0.329 e. The van der Waals surface area contributed by atoms with Crippen molar-refractivity contribution >= 4 is 11.3 Å². The van der Waals surface area contributed by atoms with Gasteiger partial charge in [0.05, 0.1) is 0 Å². The van der Waals surface area contributed by atoms with Gasteiger partial charge in [-0.2, -0.15) is 0 Å². The van der Waals surface area contributed by atoms with Gasteiger partial charge in [0.15, 0.2) is 0 Å². The molecule has 1 unspecified atom stereocenters. The summed E-state index contributed by atoms with van der Waals surface area (Å²) >= 11 is 1.83. The molecule has 0 bridgehead atoms. The van der Waals surface area contributed by atoms with E-state index in [0.717, 1.165) is 32.4 Å². The van der Waals surface area contributed by atoms with Crippen molar-refractivity contribution in [2.45, 2.75) is 31.3 Å². The monoisotopic (exact) mass is 286 g/mol. The molecule has 2 N–H and O–H groups in total. The number of likely N-dealkylation sites (N-methyl/N-ethyl adjacent to an activating group) is 1. The first-order valence-corrected chi connectivity index (χ1v) is 8.12. The second-order valence-corrected chi connectivity index (χ2v) is 6.84. The van der Waals surface area contributed by atoms with Crippen LogP contribution in [-0.2, 0) is 19.4 Å². The second-order valence-electron chi connectivity index (χ2n) is 5.81. The smallest absolute Gasteiger partial charge is 0.0376 e. The Labute approximate surface area is 125 Å². The lowest BCUT2D eigenvalue weighted by molar-refractivity contribution is 0.102. The molecule has 0 saturated carbocycles. The number of hydrogen-bond donors (Lipinski definition) is 1. The Balaban J connectivity index is 1.82. The van der Waals surface area contributed by atoms with Crippen LogP contribution in [0.3, 0.4) is 0 Å². The Morgan fingerprint density at radius 3 is 2.70 bits per heavy atom. The van der Waals surface area contributed by atoms with Gasteiger partial charge in [-0.05, 0) is 48.9 Å². The first-order chi connectivity index (χ1) is 9.73. The van der Waals surface area contributed by atoms with Gasteiger partial charge in [-0.3, -0.25) is 4.90 Å². The fraction of sp³-hybridized carbons (Fsp3) is 0.412. The van der Waals surface area contributed by atoms with Gasteiger partial charge in [0, 0.05) is 23.5 Å². The highest BCUT2D eigenvalue weighted by atomic mass is 32.1. The van der Waals surface area contributed by atoms with Crippen LogP contribution >= 0.6 is 11.3 Å². The van der Waals surface area contributed by atoms with Crippen LogP contribution in [0.15, 0.2) is 41.8 Å². The van der Waals surface area contributed by atoms with Crippen LogP contribution in [-0.4, -0.2) is 24.0 Å². The molecule has 0 fully saturated rings. The molecule has 1 aromatic heterocycles. The molecule has 1 atom stereocenters. The highest BCUT2D eigenvalue weighted by Gasteiger charge is 2.36. The van der Waals surface area contributed by atoms with Crippen LogP contribution in [0.5, 0.6) is 0 Å². The van der Waals surface area contributed by atoms with Crippen molar-refractivity contribution in [3.8, 4) is 0 Å². The molecule has 20 heavy (non-hydrogen) atoms. The Hall–Kier alpha value is -1.16. The minimum absolute atomic E-state index is 0.109. The molecular weight excluding hydrogens is 264 g/mol. The zero-order valence-electron chi connectivity index (χ0n) is 12.0. The third kappa shape index (κ3) is 2.53. The van der Waals surface area contributed by atoms with Gasteiger partial charge in [-0.25, -0.2) is 0 Å². The molecule has 0 aliphatic heterocycles. The Kier molecular flexibility index (Phi) is 3.92. The average Bonchev–Trinajstić information content (AvgIpc) is 2.99. The molecule has 1 aliphatic rings. The molecule has 1 aliphatic carbocycles. The molecule has 3 heteroatoms. The van der Waals surface area contributed by atoms with E-state index in [1.165, 1.54) is 16.0 Å². The van der Waals surface area contributed by atoms with Crippen molar-refractivity contribution in [1.82, 2.24) is 4.90 Å². The number of nitrogens with two attached hydrogens (primary N) is 1. The second kappa shape index (κ2) is 5.68. The van der Waals surface area contributed by atoms with Gasteiger partial charge in [0.1, 0.15) is 0 Å². The largest absolute Gasteiger partial charge is 0.329 e. The molecule has 2 nitrogen and oxygen atoms in total. The summed E-state index contributed by atoms with van der Waals surface area (Å²) in [6, 6.07) is 13.1. The average molecular weight is 286 g/mol. The van der Waals surface area contributed by atoms with E-state index in [1.54, 1.807) is 0 Å². The fourth-order valence-electron chi connectivity index (χ4n) is 3.24. The van der Waals surface area contributed by atoms with Gasteiger partial charge in [0.2, 0.25) is 0 Å². The van der Waals surface area contributed by atoms with Gasteiger partial charge in [-0.1, -0.05) is 30.3 Å². The van der Waals surface area contributed by atoms with Gasteiger partial charge in [0.25, 0.3) is 0 Å². The lowest BCUT2D eigenvalue weighted by atomic mass is 9.77. The molecule has 0 radical (unpaired) electrons. The normalized spacial score (nSPS) is 21.9. The number of hydrogen-bond acceptors (Lipinski definition) is 3. The number of aryl methyl sites for hydroxylation is 1. The van der Waals surface area contributed by atoms with Crippen LogP contribution in [0.2, 0.25) is 0 Å². The minimum atomic E-state index is 0.109. The van der Waals surface area contributed by atoms with Crippen molar-refractivity contribution < 1.29 is 0 Å². The van der Waals surface area contributed by atoms with Crippen molar-refractivity contribution in [3.05, 3.63) is 57.8 Å². The maximum absolute atomic E-state index is 6.19. The van der Waals surface area contributed by atoms with Crippen LogP contribution < -0.4 is 5.73 Å². The van der Waals surface area contributed by atoms with Crippen LogP contribution in [0.25, 0.3) is 0 Å². The van der Waals surface area contributed by atoms with Crippen LogP contribution in [0, 0.1) is 0 Å². The van der Waals surface area contributed by atoms with Crippen molar-refractivity contribution in [1.29, 1.82) is 0 Å². The van der Waals surface area contributed by atoms with Crippen molar-refractivity contribution in [2.24, 2.45) is 5.73 Å². The Morgan fingerprint density at radius 2 is 2.00 bits per heavy atom. The first kappa shape index (κ1) is 13.8. The predicted molar refractivity (Wildman–Crippen MR) is 86.0 cm³/mol. The first-order valence-electron chi connectivity index (χ1n) is 7.24. The topological polar surface area (TPSA) is 29.3 Å². The summed E-state index contributed by atoms with van der Waals surface area (Å²) in [5.41, 5.74) is 9.27. The SMILES string of the molecule is CN(Cc1cccs1)C1(CN)CCc2ccccc2C1. The summed E-state index contributed by atoms with van der Waals surface area (Å²) in [5.74, 6) is 0. The fourth-order valence-corrected chi connectivity index (χ4v) is 4.00. The quantitative estimate of drug-likeness (QED) is 0.936. The zero-order chi connectivity index (χ0) is 14.0. The van der Waals surface area contributed by atoms with Gasteiger partial charge in [-0.15, -0.1) is 11.3 Å². The van der Waals surface area contributed by atoms with Gasteiger partial charge >= 0.3 is 0 Å². The summed E-state index contributed by atoms with van der Waals surface area (Å²) in [4.78, 5) is 3.88. The molecule has 106 valence electrons.